The molecular formula is C13H19FN2O. The summed E-state index contributed by atoms with van der Waals surface area (Å²) >= 11 is 0. The van der Waals surface area contributed by atoms with E-state index in [1.807, 2.05) is 13.0 Å². The Kier molecular flexibility index (Phi) is 3.97. The number of ether oxygens (including phenoxy) is 1. The van der Waals surface area contributed by atoms with Gasteiger partial charge in [-0.3, -0.25) is 4.90 Å². The Morgan fingerprint density at radius 2 is 2.06 bits per heavy atom. The number of hydrogen-bond acceptors (Lipinski definition) is 3. The number of rotatable bonds is 3. The van der Waals surface area contributed by atoms with E-state index in [1.165, 1.54) is 7.11 Å². The number of nitrogens with zero attached hydrogens (tertiary/aromatic N) is 1. The van der Waals surface area contributed by atoms with E-state index in [0.29, 0.717) is 5.75 Å². The third-order valence-corrected chi connectivity index (χ3v) is 3.11. The van der Waals surface area contributed by atoms with E-state index in [-0.39, 0.29) is 5.82 Å². The second-order valence-corrected chi connectivity index (χ2v) is 4.45. The predicted molar refractivity (Wildman–Crippen MR) is 65.8 cm³/mol. The Hall–Kier alpha value is -1.13. The maximum atomic E-state index is 13.7. The smallest absolute Gasteiger partial charge is 0.165 e. The Morgan fingerprint density at radius 1 is 1.35 bits per heavy atom. The van der Waals surface area contributed by atoms with Crippen LogP contribution in [0.1, 0.15) is 11.1 Å². The van der Waals surface area contributed by atoms with Crippen molar-refractivity contribution in [3.8, 4) is 5.75 Å². The number of halogens is 1. The summed E-state index contributed by atoms with van der Waals surface area (Å²) in [6, 6.07) is 3.58. The van der Waals surface area contributed by atoms with Crippen molar-refractivity contribution in [3.63, 3.8) is 0 Å². The van der Waals surface area contributed by atoms with Gasteiger partial charge in [0.05, 0.1) is 7.11 Å². The highest BCUT2D eigenvalue weighted by Gasteiger charge is 2.13. The van der Waals surface area contributed by atoms with Crippen molar-refractivity contribution in [3.05, 3.63) is 29.1 Å². The van der Waals surface area contributed by atoms with Gasteiger partial charge in [-0.15, -0.1) is 0 Å². The van der Waals surface area contributed by atoms with Gasteiger partial charge in [0.15, 0.2) is 11.6 Å². The molecule has 0 saturated carbocycles. The van der Waals surface area contributed by atoms with Crippen LogP contribution in [0.25, 0.3) is 0 Å². The van der Waals surface area contributed by atoms with E-state index in [1.54, 1.807) is 6.07 Å². The molecule has 0 aromatic heterocycles. The molecule has 94 valence electrons. The Bertz CT molecular complexity index is 366. The second kappa shape index (κ2) is 5.47. The fourth-order valence-corrected chi connectivity index (χ4v) is 2.28. The molecule has 2 rings (SSSR count). The summed E-state index contributed by atoms with van der Waals surface area (Å²) < 4.78 is 18.7. The number of piperazine rings is 1. The average Bonchev–Trinajstić information content (AvgIpc) is 2.30. The van der Waals surface area contributed by atoms with Gasteiger partial charge in [-0.05, 0) is 24.1 Å². The molecule has 1 saturated heterocycles. The summed E-state index contributed by atoms with van der Waals surface area (Å²) in [6.45, 7) is 6.75. The van der Waals surface area contributed by atoms with Crippen molar-refractivity contribution in [2.45, 2.75) is 13.5 Å². The second-order valence-electron chi connectivity index (χ2n) is 4.45. The molecule has 1 aliphatic rings. The normalized spacial score (nSPS) is 17.1. The summed E-state index contributed by atoms with van der Waals surface area (Å²) in [5, 5.41) is 3.31. The molecule has 1 aliphatic heterocycles. The molecule has 3 nitrogen and oxygen atoms in total. The van der Waals surface area contributed by atoms with Crippen LogP contribution in [-0.4, -0.2) is 38.2 Å². The van der Waals surface area contributed by atoms with Gasteiger partial charge in [-0.2, -0.15) is 0 Å². The zero-order valence-electron chi connectivity index (χ0n) is 10.4. The third-order valence-electron chi connectivity index (χ3n) is 3.11. The summed E-state index contributed by atoms with van der Waals surface area (Å²) in [6.07, 6.45) is 0. The van der Waals surface area contributed by atoms with E-state index in [9.17, 15) is 4.39 Å². The monoisotopic (exact) mass is 238 g/mol. The third kappa shape index (κ3) is 2.96. The molecule has 0 spiro atoms. The highest BCUT2D eigenvalue weighted by atomic mass is 19.1. The molecule has 4 heteroatoms. The van der Waals surface area contributed by atoms with Crippen LogP contribution in [0.2, 0.25) is 0 Å². The Balaban J connectivity index is 2.10. The van der Waals surface area contributed by atoms with Gasteiger partial charge in [-0.25, -0.2) is 4.39 Å². The molecule has 1 N–H and O–H groups in total. The van der Waals surface area contributed by atoms with E-state index in [0.717, 1.165) is 43.9 Å². The summed E-state index contributed by atoms with van der Waals surface area (Å²) in [7, 11) is 1.50. The average molecular weight is 238 g/mol. The van der Waals surface area contributed by atoms with Gasteiger partial charge >= 0.3 is 0 Å². The maximum Gasteiger partial charge on any atom is 0.165 e. The van der Waals surface area contributed by atoms with Gasteiger partial charge in [-0.1, -0.05) is 6.07 Å². The molecule has 1 aromatic carbocycles. The van der Waals surface area contributed by atoms with Crippen molar-refractivity contribution >= 4 is 0 Å². The van der Waals surface area contributed by atoms with Crippen molar-refractivity contribution in [2.24, 2.45) is 0 Å². The van der Waals surface area contributed by atoms with Gasteiger partial charge in [0, 0.05) is 32.7 Å². The first-order valence-corrected chi connectivity index (χ1v) is 5.97. The van der Waals surface area contributed by atoms with Gasteiger partial charge in [0.2, 0.25) is 0 Å². The van der Waals surface area contributed by atoms with Crippen LogP contribution < -0.4 is 10.1 Å². The fourth-order valence-electron chi connectivity index (χ4n) is 2.28. The standard InChI is InChI=1S/C13H19FN2O/c1-10-7-11(8-12(14)13(10)17-2)9-16-5-3-15-4-6-16/h7-8,15H,3-6,9H2,1-2H3. The zero-order valence-corrected chi connectivity index (χ0v) is 10.4. The largest absolute Gasteiger partial charge is 0.493 e. The first kappa shape index (κ1) is 12.3. The lowest BCUT2D eigenvalue weighted by molar-refractivity contribution is 0.232. The number of methoxy groups -OCH3 is 1. The molecule has 0 unspecified atom stereocenters. The van der Waals surface area contributed by atoms with Crippen LogP contribution in [0.5, 0.6) is 5.75 Å². The summed E-state index contributed by atoms with van der Waals surface area (Å²) in [5.74, 6) is 0.0895. The van der Waals surface area contributed by atoms with Crippen molar-refractivity contribution < 1.29 is 9.13 Å². The first-order chi connectivity index (χ1) is 8.20. The quantitative estimate of drug-likeness (QED) is 0.864. The minimum Gasteiger partial charge on any atom is -0.493 e. The highest BCUT2D eigenvalue weighted by molar-refractivity contribution is 5.37. The minimum atomic E-state index is -0.266. The minimum absolute atomic E-state index is 0.266. The summed E-state index contributed by atoms with van der Waals surface area (Å²) in [4.78, 5) is 2.33. The molecular weight excluding hydrogens is 219 g/mol. The van der Waals surface area contributed by atoms with Gasteiger partial charge < -0.3 is 10.1 Å². The molecule has 0 aliphatic carbocycles. The van der Waals surface area contributed by atoms with Crippen molar-refractivity contribution in [1.29, 1.82) is 0 Å². The number of aryl methyl sites for hydroxylation is 1. The summed E-state index contributed by atoms with van der Waals surface area (Å²) in [5.41, 5.74) is 1.88. The van der Waals surface area contributed by atoms with E-state index in [2.05, 4.69) is 10.2 Å². The molecule has 1 aromatic rings. The Labute approximate surface area is 102 Å². The van der Waals surface area contributed by atoms with Gasteiger partial charge in [0.1, 0.15) is 0 Å². The zero-order chi connectivity index (χ0) is 12.3. The molecule has 0 amide bonds. The fraction of sp³-hybridized carbons (Fsp3) is 0.538. The maximum absolute atomic E-state index is 13.7. The van der Waals surface area contributed by atoms with Crippen LogP contribution in [-0.2, 0) is 6.54 Å². The van der Waals surface area contributed by atoms with Crippen LogP contribution in [0.4, 0.5) is 4.39 Å². The SMILES string of the molecule is COc1c(C)cc(CN2CCNCC2)cc1F. The van der Waals surface area contributed by atoms with Crippen molar-refractivity contribution in [1.82, 2.24) is 10.2 Å². The predicted octanol–water partition coefficient (Wildman–Crippen LogP) is 1.55. The van der Waals surface area contributed by atoms with Crippen LogP contribution in [0.15, 0.2) is 12.1 Å². The van der Waals surface area contributed by atoms with E-state index < -0.39 is 0 Å². The van der Waals surface area contributed by atoms with Crippen LogP contribution in [0.3, 0.4) is 0 Å². The molecule has 17 heavy (non-hydrogen) atoms. The number of benzene rings is 1. The molecule has 1 fully saturated rings. The molecule has 0 bridgehead atoms. The van der Waals surface area contributed by atoms with E-state index in [4.69, 9.17) is 4.74 Å². The molecule has 0 radical (unpaired) electrons. The first-order valence-electron chi connectivity index (χ1n) is 5.97. The van der Waals surface area contributed by atoms with Crippen LogP contribution in [0, 0.1) is 12.7 Å². The number of nitrogens with one attached hydrogen (secondary N) is 1. The lowest BCUT2D eigenvalue weighted by atomic mass is 10.1. The lowest BCUT2D eigenvalue weighted by Crippen LogP contribution is -2.42. The Morgan fingerprint density at radius 3 is 2.65 bits per heavy atom. The number of hydrogen-bond donors (Lipinski definition) is 1. The molecule has 1 heterocycles. The van der Waals surface area contributed by atoms with Crippen LogP contribution >= 0.6 is 0 Å². The molecule has 0 atom stereocenters. The topological polar surface area (TPSA) is 24.5 Å². The van der Waals surface area contributed by atoms with Gasteiger partial charge in [0.25, 0.3) is 0 Å². The highest BCUT2D eigenvalue weighted by Crippen LogP contribution is 2.24. The lowest BCUT2D eigenvalue weighted by Gasteiger charge is -2.27. The van der Waals surface area contributed by atoms with E-state index >= 15 is 0 Å². The van der Waals surface area contributed by atoms with Crippen molar-refractivity contribution in [2.75, 3.05) is 33.3 Å².